The molecule has 1 aromatic heterocycles. The average molecular weight is 455 g/mol. The first-order chi connectivity index (χ1) is 15.3. The number of rotatable bonds is 5. The van der Waals surface area contributed by atoms with E-state index in [1.165, 1.54) is 12.1 Å². The quantitative estimate of drug-likeness (QED) is 0.541. The molecule has 1 amide bonds. The summed E-state index contributed by atoms with van der Waals surface area (Å²) < 4.78 is 27.4. The number of piperidine rings is 1. The number of aromatic nitrogens is 2. The number of sulfonamides is 1. The van der Waals surface area contributed by atoms with Crippen LogP contribution in [0.4, 0.5) is 5.69 Å². The number of nitrogens with one attached hydrogen (secondary N) is 2. The van der Waals surface area contributed by atoms with Crippen molar-refractivity contribution in [3.8, 4) is 17.0 Å². The summed E-state index contributed by atoms with van der Waals surface area (Å²) in [6, 6.07) is 12.9. The molecule has 0 radical (unpaired) electrons. The third kappa shape index (κ3) is 4.39. The molecule has 1 atom stereocenters. The lowest BCUT2D eigenvalue weighted by Gasteiger charge is -2.32. The van der Waals surface area contributed by atoms with Crippen molar-refractivity contribution in [2.24, 2.45) is 0 Å². The summed E-state index contributed by atoms with van der Waals surface area (Å²) in [5.74, 6) is -0.334. The summed E-state index contributed by atoms with van der Waals surface area (Å²) in [5, 5.41) is 19.6. The molecule has 1 aliphatic heterocycles. The van der Waals surface area contributed by atoms with E-state index in [-0.39, 0.29) is 22.4 Å². The molecule has 8 nitrogen and oxygen atoms in total. The number of hydrogen-bond donors (Lipinski definition) is 3. The van der Waals surface area contributed by atoms with Gasteiger partial charge in [0, 0.05) is 23.8 Å². The zero-order valence-electron chi connectivity index (χ0n) is 18.0. The molecule has 32 heavy (non-hydrogen) atoms. The van der Waals surface area contributed by atoms with Crippen LogP contribution < -0.4 is 5.32 Å². The van der Waals surface area contributed by atoms with Crippen LogP contribution in [0.25, 0.3) is 11.3 Å². The molecular weight excluding hydrogens is 428 g/mol. The number of phenolic OH excluding ortho intramolecular Hbond substituents is 1. The first kappa shape index (κ1) is 22.0. The molecule has 4 rings (SSSR count). The minimum Gasteiger partial charge on any atom is -0.507 e. The van der Waals surface area contributed by atoms with Gasteiger partial charge in [0.15, 0.2) is 0 Å². The number of aryl methyl sites for hydroxylation is 1. The molecule has 0 aliphatic carbocycles. The van der Waals surface area contributed by atoms with E-state index in [1.54, 1.807) is 34.6 Å². The Morgan fingerprint density at radius 3 is 2.59 bits per heavy atom. The van der Waals surface area contributed by atoms with Crippen molar-refractivity contribution >= 4 is 21.6 Å². The lowest BCUT2D eigenvalue weighted by Crippen LogP contribution is -2.41. The second-order valence-corrected chi connectivity index (χ2v) is 10.0. The fourth-order valence-electron chi connectivity index (χ4n) is 3.91. The fourth-order valence-corrected chi connectivity index (χ4v) is 5.61. The van der Waals surface area contributed by atoms with Gasteiger partial charge >= 0.3 is 0 Å². The van der Waals surface area contributed by atoms with Crippen LogP contribution in [0.1, 0.15) is 42.2 Å². The fraction of sp³-hybridized carbons (Fsp3) is 0.304. The summed E-state index contributed by atoms with van der Waals surface area (Å²) in [7, 11) is -3.56. The maximum atomic E-state index is 12.9. The third-order valence-electron chi connectivity index (χ3n) is 5.71. The number of benzene rings is 2. The van der Waals surface area contributed by atoms with Gasteiger partial charge in [-0.15, -0.1) is 0 Å². The Morgan fingerprint density at radius 1 is 1.16 bits per heavy atom. The Hall–Kier alpha value is -3.17. The summed E-state index contributed by atoms with van der Waals surface area (Å²) in [5.41, 5.74) is 2.57. The zero-order valence-corrected chi connectivity index (χ0v) is 18.8. The number of nitrogens with zero attached hydrogens (tertiary/aromatic N) is 2. The molecule has 9 heteroatoms. The number of aromatic hydroxyl groups is 1. The Bertz CT molecular complexity index is 1240. The van der Waals surface area contributed by atoms with Crippen molar-refractivity contribution in [1.82, 2.24) is 14.5 Å². The highest BCUT2D eigenvalue weighted by Gasteiger charge is 2.30. The van der Waals surface area contributed by atoms with Crippen molar-refractivity contribution in [3.63, 3.8) is 0 Å². The van der Waals surface area contributed by atoms with E-state index in [9.17, 15) is 18.3 Å². The second-order valence-electron chi connectivity index (χ2n) is 8.13. The molecule has 2 heterocycles. The molecule has 1 saturated heterocycles. The Morgan fingerprint density at radius 2 is 1.91 bits per heavy atom. The van der Waals surface area contributed by atoms with Gasteiger partial charge in [-0.05, 0) is 74.7 Å². The molecule has 1 fully saturated rings. The molecular formula is C23H26N4O4S. The smallest absolute Gasteiger partial charge is 0.273 e. The van der Waals surface area contributed by atoms with Gasteiger partial charge in [-0.1, -0.05) is 12.5 Å². The Balaban J connectivity index is 1.47. The van der Waals surface area contributed by atoms with Crippen LogP contribution in [0.2, 0.25) is 0 Å². The highest BCUT2D eigenvalue weighted by molar-refractivity contribution is 7.89. The third-order valence-corrected chi connectivity index (χ3v) is 7.74. The number of hydrogen-bond acceptors (Lipinski definition) is 5. The lowest BCUT2D eigenvalue weighted by atomic mass is 10.1. The average Bonchev–Trinajstić information content (AvgIpc) is 3.24. The minimum atomic E-state index is -3.56. The molecule has 0 saturated carbocycles. The number of carbonyl (C=O) groups excluding carboxylic acids is 1. The number of anilines is 1. The van der Waals surface area contributed by atoms with Crippen LogP contribution in [0, 0.1) is 6.92 Å². The van der Waals surface area contributed by atoms with E-state index in [0.29, 0.717) is 23.5 Å². The molecule has 3 N–H and O–H groups in total. The largest absolute Gasteiger partial charge is 0.507 e. The standard InChI is InChI=1S/C23H26N4O4S/c1-15-6-11-19(22(28)13-15)20-14-21(26-25-20)23(29)24-17-7-9-18(10-8-17)32(30,31)27-12-4-3-5-16(27)2/h6-11,13-14,16,28H,3-5,12H2,1-2H3,(H,24,29)(H,25,26)/t16-/m0/s1. The van der Waals surface area contributed by atoms with Crippen LogP contribution in [0.15, 0.2) is 53.4 Å². The van der Waals surface area contributed by atoms with Crippen LogP contribution in [-0.4, -0.2) is 46.5 Å². The molecule has 0 spiro atoms. The number of carbonyl (C=O) groups is 1. The monoisotopic (exact) mass is 454 g/mol. The van der Waals surface area contributed by atoms with Gasteiger partial charge < -0.3 is 10.4 Å². The number of amides is 1. The van der Waals surface area contributed by atoms with E-state index < -0.39 is 15.9 Å². The van der Waals surface area contributed by atoms with Gasteiger partial charge in [0.25, 0.3) is 5.91 Å². The van der Waals surface area contributed by atoms with E-state index in [1.807, 2.05) is 19.9 Å². The van der Waals surface area contributed by atoms with Crippen molar-refractivity contribution in [1.29, 1.82) is 0 Å². The lowest BCUT2D eigenvalue weighted by molar-refractivity contribution is 0.102. The van der Waals surface area contributed by atoms with Crippen LogP contribution in [-0.2, 0) is 10.0 Å². The zero-order chi connectivity index (χ0) is 22.9. The maximum absolute atomic E-state index is 12.9. The predicted octanol–water partition coefficient (Wildman–Crippen LogP) is 3.91. The van der Waals surface area contributed by atoms with Gasteiger partial charge in [-0.25, -0.2) is 8.42 Å². The number of aromatic amines is 1. The molecule has 0 unspecified atom stereocenters. The second kappa shape index (κ2) is 8.76. The van der Waals surface area contributed by atoms with Crippen molar-refractivity contribution < 1.29 is 18.3 Å². The topological polar surface area (TPSA) is 115 Å². The normalized spacial score (nSPS) is 17.2. The molecule has 1 aliphatic rings. The van der Waals surface area contributed by atoms with Crippen LogP contribution in [0.3, 0.4) is 0 Å². The van der Waals surface area contributed by atoms with Crippen molar-refractivity contribution in [3.05, 3.63) is 59.8 Å². The van der Waals surface area contributed by atoms with Crippen molar-refractivity contribution in [2.45, 2.75) is 44.0 Å². The minimum absolute atomic E-state index is 0.0179. The summed E-state index contributed by atoms with van der Waals surface area (Å²) in [4.78, 5) is 12.8. The van der Waals surface area contributed by atoms with E-state index in [2.05, 4.69) is 15.5 Å². The van der Waals surface area contributed by atoms with E-state index >= 15 is 0 Å². The van der Waals surface area contributed by atoms with Gasteiger partial charge in [-0.2, -0.15) is 9.40 Å². The highest BCUT2D eigenvalue weighted by Crippen LogP contribution is 2.29. The van der Waals surface area contributed by atoms with Gasteiger partial charge in [0.1, 0.15) is 11.4 Å². The summed E-state index contributed by atoms with van der Waals surface area (Å²) >= 11 is 0. The van der Waals surface area contributed by atoms with Gasteiger partial charge in [0.05, 0.1) is 10.6 Å². The Kier molecular flexibility index (Phi) is 6.03. The first-order valence-electron chi connectivity index (χ1n) is 10.5. The number of H-pyrrole nitrogens is 1. The Labute approximate surface area is 187 Å². The maximum Gasteiger partial charge on any atom is 0.273 e. The van der Waals surface area contributed by atoms with Crippen molar-refractivity contribution in [2.75, 3.05) is 11.9 Å². The molecule has 0 bridgehead atoms. The molecule has 168 valence electrons. The van der Waals surface area contributed by atoms with E-state index in [4.69, 9.17) is 0 Å². The SMILES string of the molecule is Cc1ccc(-c2cc(C(=O)Nc3ccc(S(=O)(=O)N4CCCC[C@@H]4C)cc3)[nH]n2)c(O)c1. The van der Waals surface area contributed by atoms with Crippen LogP contribution in [0.5, 0.6) is 5.75 Å². The first-order valence-corrected chi connectivity index (χ1v) is 12.0. The summed E-state index contributed by atoms with van der Waals surface area (Å²) in [6.45, 7) is 4.33. The van der Waals surface area contributed by atoms with Crippen LogP contribution >= 0.6 is 0 Å². The highest BCUT2D eigenvalue weighted by atomic mass is 32.2. The van der Waals surface area contributed by atoms with Gasteiger partial charge in [0.2, 0.25) is 10.0 Å². The molecule has 2 aromatic carbocycles. The number of phenols is 1. The summed E-state index contributed by atoms with van der Waals surface area (Å²) in [6.07, 6.45) is 2.77. The van der Waals surface area contributed by atoms with Gasteiger partial charge in [-0.3, -0.25) is 9.89 Å². The predicted molar refractivity (Wildman–Crippen MR) is 122 cm³/mol. The van der Waals surface area contributed by atoms with E-state index in [0.717, 1.165) is 24.8 Å². The molecule has 3 aromatic rings.